The first-order valence-electron chi connectivity index (χ1n) is 7.73. The Morgan fingerprint density at radius 2 is 1.86 bits per heavy atom. The van der Waals surface area contributed by atoms with E-state index in [0.29, 0.717) is 6.54 Å². The fourth-order valence-electron chi connectivity index (χ4n) is 2.89. The van der Waals surface area contributed by atoms with Gasteiger partial charge in [0, 0.05) is 19.3 Å². The molecule has 1 N–H and O–H groups in total. The van der Waals surface area contributed by atoms with Gasteiger partial charge in [0.25, 0.3) is 0 Å². The molecule has 1 aromatic rings. The van der Waals surface area contributed by atoms with E-state index in [1.54, 1.807) is 11.9 Å². The summed E-state index contributed by atoms with van der Waals surface area (Å²) in [6, 6.07) is 6.00. The van der Waals surface area contributed by atoms with Crippen molar-refractivity contribution in [3.8, 4) is 0 Å². The van der Waals surface area contributed by atoms with Gasteiger partial charge in [0.1, 0.15) is 0 Å². The highest BCUT2D eigenvalue weighted by atomic mass is 16.7. The SMILES string of the molecule is CNC(=O)N1CCc2cc(B3OC(C)(C)C(C)(C)O3)ccc21. The summed E-state index contributed by atoms with van der Waals surface area (Å²) >= 11 is 0. The van der Waals surface area contributed by atoms with E-state index in [-0.39, 0.29) is 24.4 Å². The normalized spacial score (nSPS) is 21.9. The van der Waals surface area contributed by atoms with Crippen molar-refractivity contribution in [3.05, 3.63) is 23.8 Å². The molecule has 6 heteroatoms. The van der Waals surface area contributed by atoms with E-state index in [1.165, 1.54) is 0 Å². The van der Waals surface area contributed by atoms with Gasteiger partial charge in [-0.1, -0.05) is 12.1 Å². The van der Waals surface area contributed by atoms with Gasteiger partial charge in [-0.25, -0.2) is 4.79 Å². The molecule has 5 nitrogen and oxygen atoms in total. The summed E-state index contributed by atoms with van der Waals surface area (Å²) in [6.45, 7) is 8.91. The van der Waals surface area contributed by atoms with Gasteiger partial charge < -0.3 is 14.6 Å². The molecule has 22 heavy (non-hydrogen) atoms. The predicted molar refractivity (Wildman–Crippen MR) is 87.7 cm³/mol. The van der Waals surface area contributed by atoms with Crippen molar-refractivity contribution in [3.63, 3.8) is 0 Å². The number of carbonyl (C=O) groups is 1. The Kier molecular flexibility index (Phi) is 3.49. The van der Waals surface area contributed by atoms with E-state index < -0.39 is 0 Å². The summed E-state index contributed by atoms with van der Waals surface area (Å²) in [5.41, 5.74) is 2.46. The molecule has 0 atom stereocenters. The molecule has 1 fully saturated rings. The zero-order valence-electron chi connectivity index (χ0n) is 13.9. The summed E-state index contributed by atoms with van der Waals surface area (Å²) in [7, 11) is 1.29. The van der Waals surface area contributed by atoms with Crippen LogP contribution in [0.5, 0.6) is 0 Å². The molecule has 2 aliphatic rings. The van der Waals surface area contributed by atoms with E-state index in [1.807, 2.05) is 39.8 Å². The molecule has 0 aliphatic carbocycles. The smallest absolute Gasteiger partial charge is 0.399 e. The Morgan fingerprint density at radius 3 is 2.45 bits per heavy atom. The number of rotatable bonds is 1. The molecular weight excluding hydrogens is 279 g/mol. The lowest BCUT2D eigenvalue weighted by Crippen LogP contribution is -2.41. The van der Waals surface area contributed by atoms with Crippen LogP contribution in [0.25, 0.3) is 0 Å². The van der Waals surface area contributed by atoms with Crippen LogP contribution in [-0.2, 0) is 15.7 Å². The van der Waals surface area contributed by atoms with Crippen LogP contribution >= 0.6 is 0 Å². The first-order chi connectivity index (χ1) is 10.2. The zero-order chi connectivity index (χ0) is 16.1. The maximum absolute atomic E-state index is 11.9. The summed E-state index contributed by atoms with van der Waals surface area (Å²) in [5.74, 6) is 0. The highest BCUT2D eigenvalue weighted by molar-refractivity contribution is 6.62. The number of nitrogens with zero attached hydrogens (tertiary/aromatic N) is 1. The highest BCUT2D eigenvalue weighted by Crippen LogP contribution is 2.37. The molecule has 2 aliphatic heterocycles. The lowest BCUT2D eigenvalue weighted by atomic mass is 9.78. The number of anilines is 1. The number of hydrogen-bond acceptors (Lipinski definition) is 3. The average Bonchev–Trinajstić information content (AvgIpc) is 2.96. The highest BCUT2D eigenvalue weighted by Gasteiger charge is 2.51. The van der Waals surface area contributed by atoms with E-state index in [4.69, 9.17) is 9.31 Å². The number of benzene rings is 1. The molecule has 3 rings (SSSR count). The lowest BCUT2D eigenvalue weighted by molar-refractivity contribution is 0.00578. The second-order valence-corrected chi connectivity index (χ2v) is 6.93. The Balaban J connectivity index is 1.86. The fraction of sp³-hybridized carbons (Fsp3) is 0.562. The summed E-state index contributed by atoms with van der Waals surface area (Å²) in [4.78, 5) is 13.6. The van der Waals surface area contributed by atoms with Crippen molar-refractivity contribution in [1.29, 1.82) is 0 Å². The molecule has 0 saturated carbocycles. The van der Waals surface area contributed by atoms with Crippen LogP contribution in [0.1, 0.15) is 33.3 Å². The van der Waals surface area contributed by atoms with E-state index in [2.05, 4.69) is 11.4 Å². The molecule has 0 unspecified atom stereocenters. The van der Waals surface area contributed by atoms with E-state index >= 15 is 0 Å². The second-order valence-electron chi connectivity index (χ2n) is 6.93. The molecule has 1 aromatic carbocycles. The molecule has 118 valence electrons. The standard InChI is InChI=1S/C16H23BN2O3/c1-15(2)16(3,4)22-17(21-15)12-6-7-13-11(10-12)8-9-19(13)14(20)18-5/h6-7,10H,8-9H2,1-5H3,(H,18,20). The third kappa shape index (κ3) is 2.30. The number of urea groups is 1. The molecule has 2 amide bonds. The van der Waals surface area contributed by atoms with Gasteiger partial charge in [-0.05, 0) is 51.2 Å². The van der Waals surface area contributed by atoms with Gasteiger partial charge in [0.2, 0.25) is 0 Å². The van der Waals surface area contributed by atoms with Crippen LogP contribution in [0.2, 0.25) is 0 Å². The Labute approximate surface area is 132 Å². The van der Waals surface area contributed by atoms with Crippen molar-refractivity contribution in [1.82, 2.24) is 5.32 Å². The monoisotopic (exact) mass is 302 g/mol. The van der Waals surface area contributed by atoms with Crippen LogP contribution in [0.4, 0.5) is 10.5 Å². The minimum atomic E-state index is -0.357. The third-order valence-corrected chi connectivity index (χ3v) is 4.98. The Bertz CT molecular complexity index is 599. The first kappa shape index (κ1) is 15.4. The van der Waals surface area contributed by atoms with E-state index in [0.717, 1.165) is 23.1 Å². The van der Waals surface area contributed by atoms with Gasteiger partial charge in [0.15, 0.2) is 0 Å². The van der Waals surface area contributed by atoms with Gasteiger partial charge >= 0.3 is 13.1 Å². The number of hydrogen-bond donors (Lipinski definition) is 1. The molecule has 0 radical (unpaired) electrons. The van der Waals surface area contributed by atoms with Gasteiger partial charge in [0.05, 0.1) is 11.2 Å². The number of amides is 2. The molecule has 0 bridgehead atoms. The van der Waals surface area contributed by atoms with Crippen molar-refractivity contribution < 1.29 is 14.1 Å². The average molecular weight is 302 g/mol. The maximum atomic E-state index is 11.9. The van der Waals surface area contributed by atoms with Crippen molar-refractivity contribution in [2.75, 3.05) is 18.5 Å². The topological polar surface area (TPSA) is 50.8 Å². The van der Waals surface area contributed by atoms with Crippen LogP contribution in [-0.4, -0.2) is 37.9 Å². The van der Waals surface area contributed by atoms with Gasteiger partial charge in [-0.2, -0.15) is 0 Å². The molecular formula is C16H23BN2O3. The summed E-state index contributed by atoms with van der Waals surface area (Å²) in [5, 5.41) is 2.68. The third-order valence-electron chi connectivity index (χ3n) is 4.98. The predicted octanol–water partition coefficient (Wildman–Crippen LogP) is 1.69. The van der Waals surface area contributed by atoms with Crippen molar-refractivity contribution in [2.45, 2.75) is 45.3 Å². The number of carbonyl (C=O) groups excluding carboxylic acids is 1. The van der Waals surface area contributed by atoms with Crippen LogP contribution < -0.4 is 15.7 Å². The van der Waals surface area contributed by atoms with Crippen LogP contribution in [0.15, 0.2) is 18.2 Å². The molecule has 0 spiro atoms. The lowest BCUT2D eigenvalue weighted by Gasteiger charge is -2.32. The summed E-state index contributed by atoms with van der Waals surface area (Å²) < 4.78 is 12.2. The quantitative estimate of drug-likeness (QED) is 0.803. The zero-order valence-corrected chi connectivity index (χ0v) is 13.9. The maximum Gasteiger partial charge on any atom is 0.494 e. The molecule has 1 saturated heterocycles. The fourth-order valence-corrected chi connectivity index (χ4v) is 2.89. The van der Waals surface area contributed by atoms with Crippen LogP contribution in [0, 0.1) is 0 Å². The summed E-state index contributed by atoms with van der Waals surface area (Å²) in [6.07, 6.45) is 0.857. The minimum absolute atomic E-state index is 0.0675. The minimum Gasteiger partial charge on any atom is -0.399 e. The van der Waals surface area contributed by atoms with Crippen molar-refractivity contribution >= 4 is 24.3 Å². The first-order valence-corrected chi connectivity index (χ1v) is 7.73. The number of fused-ring (bicyclic) bond motifs is 1. The van der Waals surface area contributed by atoms with E-state index in [9.17, 15) is 4.79 Å². The van der Waals surface area contributed by atoms with Gasteiger partial charge in [-0.15, -0.1) is 0 Å². The van der Waals surface area contributed by atoms with Crippen molar-refractivity contribution in [2.24, 2.45) is 0 Å². The largest absolute Gasteiger partial charge is 0.494 e. The Hall–Kier alpha value is -1.53. The Morgan fingerprint density at radius 1 is 1.23 bits per heavy atom. The molecule has 2 heterocycles. The van der Waals surface area contributed by atoms with Gasteiger partial charge in [-0.3, -0.25) is 4.90 Å². The molecule has 0 aromatic heterocycles. The number of nitrogens with one attached hydrogen (secondary N) is 1. The second kappa shape index (κ2) is 5.00. The van der Waals surface area contributed by atoms with Crippen LogP contribution in [0.3, 0.4) is 0 Å².